The number of rotatable bonds is 7. The number of hydrogen-bond acceptors (Lipinski definition) is 5. The third-order valence-corrected chi connectivity index (χ3v) is 3.56. The van der Waals surface area contributed by atoms with Crippen LogP contribution in [-0.4, -0.2) is 38.1 Å². The number of nitrogens with zero attached hydrogens (tertiary/aromatic N) is 2. The molecule has 0 radical (unpaired) electrons. The van der Waals surface area contributed by atoms with Crippen molar-refractivity contribution < 1.29 is 17.8 Å². The second kappa shape index (κ2) is 7.03. The van der Waals surface area contributed by atoms with Crippen LogP contribution in [0.5, 0.6) is 0 Å². The summed E-state index contributed by atoms with van der Waals surface area (Å²) in [6.07, 6.45) is 0.983. The average molecular weight is 296 g/mol. The summed E-state index contributed by atoms with van der Waals surface area (Å²) in [4.78, 5) is 12.5. The fourth-order valence-corrected chi connectivity index (χ4v) is 2.22. The number of carbonyl (C=O) groups excluding carboxylic acids is 1. The fourth-order valence-electron chi connectivity index (χ4n) is 1.77. The predicted molar refractivity (Wildman–Crippen MR) is 75.4 cm³/mol. The molecule has 0 amide bonds. The molecule has 0 heterocycles. The molecule has 0 aliphatic heterocycles. The Kier molecular flexibility index (Phi) is 5.67. The van der Waals surface area contributed by atoms with Crippen LogP contribution in [0, 0.1) is 18.3 Å². The molecule has 1 N–H and O–H groups in total. The summed E-state index contributed by atoms with van der Waals surface area (Å²) in [7, 11) is -4.06. The van der Waals surface area contributed by atoms with E-state index in [0.29, 0.717) is 17.8 Å². The van der Waals surface area contributed by atoms with Gasteiger partial charge in [-0.3, -0.25) is 9.35 Å². The molecule has 0 saturated carbocycles. The fraction of sp³-hybridized carbons (Fsp3) is 0.385. The first kappa shape index (κ1) is 16.1. The minimum absolute atomic E-state index is 0.0837. The SMILES string of the molecule is Cc1cc(N(CCC#N)CCS(=O)(=O)O)ccc1C=O. The molecular formula is C13H16N2O4S. The van der Waals surface area contributed by atoms with Gasteiger partial charge >= 0.3 is 0 Å². The zero-order valence-electron chi connectivity index (χ0n) is 11.1. The topological polar surface area (TPSA) is 98.5 Å². The third-order valence-electron chi connectivity index (χ3n) is 2.86. The van der Waals surface area contributed by atoms with Crippen molar-refractivity contribution >= 4 is 22.1 Å². The number of aldehydes is 1. The summed E-state index contributed by atoms with van der Waals surface area (Å²) in [6.45, 7) is 2.21. The molecule has 0 aromatic heterocycles. The minimum Gasteiger partial charge on any atom is -0.369 e. The molecule has 20 heavy (non-hydrogen) atoms. The number of benzene rings is 1. The van der Waals surface area contributed by atoms with Gasteiger partial charge in [-0.05, 0) is 30.7 Å². The maximum absolute atomic E-state index is 10.8. The van der Waals surface area contributed by atoms with Crippen LogP contribution in [0.4, 0.5) is 5.69 Å². The van der Waals surface area contributed by atoms with Crippen LogP contribution >= 0.6 is 0 Å². The lowest BCUT2D eigenvalue weighted by Crippen LogP contribution is -2.30. The van der Waals surface area contributed by atoms with E-state index < -0.39 is 15.9 Å². The van der Waals surface area contributed by atoms with E-state index in [1.54, 1.807) is 30.0 Å². The Morgan fingerprint density at radius 2 is 2.10 bits per heavy atom. The molecule has 108 valence electrons. The van der Waals surface area contributed by atoms with E-state index in [4.69, 9.17) is 9.81 Å². The van der Waals surface area contributed by atoms with Gasteiger partial charge in [0, 0.05) is 24.3 Å². The Balaban J connectivity index is 2.95. The van der Waals surface area contributed by atoms with Crippen molar-refractivity contribution in [3.8, 4) is 6.07 Å². The first-order chi connectivity index (χ1) is 9.37. The second-order valence-corrected chi connectivity index (χ2v) is 5.91. The van der Waals surface area contributed by atoms with E-state index >= 15 is 0 Å². The molecule has 6 nitrogen and oxygen atoms in total. The van der Waals surface area contributed by atoms with Crippen LogP contribution in [0.15, 0.2) is 18.2 Å². The maximum Gasteiger partial charge on any atom is 0.266 e. The van der Waals surface area contributed by atoms with E-state index in [2.05, 4.69) is 0 Å². The molecule has 0 fully saturated rings. The van der Waals surface area contributed by atoms with Gasteiger partial charge < -0.3 is 4.90 Å². The van der Waals surface area contributed by atoms with E-state index in [1.165, 1.54) is 0 Å². The third kappa shape index (κ3) is 4.99. The van der Waals surface area contributed by atoms with Gasteiger partial charge in [0.25, 0.3) is 10.1 Å². The van der Waals surface area contributed by atoms with Gasteiger partial charge in [0.15, 0.2) is 0 Å². The van der Waals surface area contributed by atoms with E-state index in [9.17, 15) is 13.2 Å². The zero-order valence-corrected chi connectivity index (χ0v) is 11.9. The van der Waals surface area contributed by atoms with Gasteiger partial charge in [-0.1, -0.05) is 0 Å². The highest BCUT2D eigenvalue weighted by molar-refractivity contribution is 7.85. The van der Waals surface area contributed by atoms with Gasteiger partial charge in [-0.2, -0.15) is 13.7 Å². The largest absolute Gasteiger partial charge is 0.369 e. The number of hydrogen-bond donors (Lipinski definition) is 1. The lowest BCUT2D eigenvalue weighted by atomic mass is 10.1. The molecule has 1 aromatic rings. The van der Waals surface area contributed by atoms with Crippen LogP contribution in [0.25, 0.3) is 0 Å². The van der Waals surface area contributed by atoms with Gasteiger partial charge in [0.05, 0.1) is 18.2 Å². The van der Waals surface area contributed by atoms with Gasteiger partial charge in [-0.25, -0.2) is 0 Å². The van der Waals surface area contributed by atoms with Crippen molar-refractivity contribution in [2.24, 2.45) is 0 Å². The van der Waals surface area contributed by atoms with Gasteiger partial charge in [-0.15, -0.1) is 0 Å². The first-order valence-corrected chi connectivity index (χ1v) is 7.61. The Bertz CT molecular complexity index is 620. The highest BCUT2D eigenvalue weighted by Crippen LogP contribution is 2.18. The van der Waals surface area contributed by atoms with Crippen molar-refractivity contribution in [3.63, 3.8) is 0 Å². The quantitative estimate of drug-likeness (QED) is 0.603. The Labute approximate surface area is 118 Å². The molecule has 7 heteroatoms. The average Bonchev–Trinajstić information content (AvgIpc) is 2.37. The first-order valence-electron chi connectivity index (χ1n) is 6.00. The summed E-state index contributed by atoms with van der Waals surface area (Å²) in [5, 5.41) is 8.64. The molecule has 1 rings (SSSR count). The summed E-state index contributed by atoms with van der Waals surface area (Å²) in [5.74, 6) is -0.410. The molecule has 1 aromatic carbocycles. The van der Waals surface area contributed by atoms with Gasteiger partial charge in [0.2, 0.25) is 0 Å². The van der Waals surface area contributed by atoms with Crippen LogP contribution < -0.4 is 4.90 Å². The number of carbonyl (C=O) groups is 1. The molecule has 0 atom stereocenters. The van der Waals surface area contributed by atoms with Crippen molar-refractivity contribution in [2.45, 2.75) is 13.3 Å². The van der Waals surface area contributed by atoms with Crippen molar-refractivity contribution in [3.05, 3.63) is 29.3 Å². The van der Waals surface area contributed by atoms with Crippen molar-refractivity contribution in [2.75, 3.05) is 23.7 Å². The number of nitriles is 1. The smallest absolute Gasteiger partial charge is 0.266 e. The molecule has 0 aliphatic rings. The highest BCUT2D eigenvalue weighted by Gasteiger charge is 2.12. The summed E-state index contributed by atoms with van der Waals surface area (Å²) in [5.41, 5.74) is 2.04. The lowest BCUT2D eigenvalue weighted by Gasteiger charge is -2.23. The number of anilines is 1. The molecule has 0 bridgehead atoms. The molecule has 0 unspecified atom stereocenters. The van der Waals surface area contributed by atoms with E-state index in [1.807, 2.05) is 6.07 Å². The van der Waals surface area contributed by atoms with E-state index in [-0.39, 0.29) is 13.0 Å². The van der Waals surface area contributed by atoms with Gasteiger partial charge in [0.1, 0.15) is 6.29 Å². The lowest BCUT2D eigenvalue weighted by molar-refractivity contribution is 0.112. The van der Waals surface area contributed by atoms with Crippen LogP contribution in [-0.2, 0) is 10.1 Å². The monoisotopic (exact) mass is 296 g/mol. The normalized spacial score (nSPS) is 10.8. The Hall–Kier alpha value is -1.91. The van der Waals surface area contributed by atoms with Crippen LogP contribution in [0.1, 0.15) is 22.3 Å². The predicted octanol–water partition coefficient (Wildman–Crippen LogP) is 1.42. The summed E-state index contributed by atoms with van der Waals surface area (Å²) in [6, 6.07) is 7.08. The minimum atomic E-state index is -4.06. The standard InChI is InChI=1S/C13H16N2O4S/c1-11-9-13(4-3-12(11)10-16)15(6-2-5-14)7-8-20(17,18)19/h3-4,9-10H,2,6-8H2,1H3,(H,17,18,19). The van der Waals surface area contributed by atoms with Crippen molar-refractivity contribution in [1.82, 2.24) is 0 Å². The zero-order chi connectivity index (χ0) is 15.2. The summed E-state index contributed by atoms with van der Waals surface area (Å²) < 4.78 is 30.5. The molecular weight excluding hydrogens is 280 g/mol. The molecule has 0 spiro atoms. The van der Waals surface area contributed by atoms with Crippen molar-refractivity contribution in [1.29, 1.82) is 5.26 Å². The molecule has 0 saturated heterocycles. The Morgan fingerprint density at radius 1 is 1.40 bits per heavy atom. The Morgan fingerprint density at radius 3 is 2.60 bits per heavy atom. The van der Waals surface area contributed by atoms with Crippen LogP contribution in [0.3, 0.4) is 0 Å². The summed E-state index contributed by atoms with van der Waals surface area (Å²) >= 11 is 0. The van der Waals surface area contributed by atoms with Crippen LogP contribution in [0.2, 0.25) is 0 Å². The second-order valence-electron chi connectivity index (χ2n) is 4.34. The highest BCUT2D eigenvalue weighted by atomic mass is 32.2. The maximum atomic E-state index is 10.8. The number of aryl methyl sites for hydroxylation is 1. The molecule has 0 aliphatic carbocycles. The van der Waals surface area contributed by atoms with E-state index in [0.717, 1.165) is 11.8 Å².